The average Bonchev–Trinajstić information content (AvgIpc) is 2.55. The summed E-state index contributed by atoms with van der Waals surface area (Å²) in [5.41, 5.74) is 6.88. The van der Waals surface area contributed by atoms with Crippen LogP contribution in [0.1, 0.15) is 38.5 Å². The molecule has 1 aliphatic heterocycles. The second-order valence-electron chi connectivity index (χ2n) is 6.90. The van der Waals surface area contributed by atoms with E-state index in [1.165, 1.54) is 6.07 Å². The smallest absolute Gasteiger partial charge is 0.223 e. The number of hydrogen-bond acceptors (Lipinski definition) is 3. The maximum Gasteiger partial charge on any atom is 0.223 e. The number of nitrogens with two attached hydrogens (primary N) is 1. The van der Waals surface area contributed by atoms with E-state index in [0.29, 0.717) is 0 Å². The molecular formula is C18H28Cl2FN3O. The molecule has 1 saturated heterocycles. The highest BCUT2D eigenvalue weighted by molar-refractivity contribution is 5.85. The molecule has 3 atom stereocenters. The van der Waals surface area contributed by atoms with Crippen LogP contribution in [0.5, 0.6) is 0 Å². The number of rotatable bonds is 3. The van der Waals surface area contributed by atoms with Crippen LogP contribution < -0.4 is 16.0 Å². The number of anilines is 1. The largest absolute Gasteiger partial charge is 0.369 e. The lowest BCUT2D eigenvalue weighted by Gasteiger charge is -2.36. The molecule has 3 rings (SSSR count). The summed E-state index contributed by atoms with van der Waals surface area (Å²) in [5.74, 6) is -0.0145. The van der Waals surface area contributed by atoms with Crippen LogP contribution in [0.15, 0.2) is 24.3 Å². The first-order valence-electron chi connectivity index (χ1n) is 8.68. The predicted octanol–water partition coefficient (Wildman–Crippen LogP) is 3.27. The van der Waals surface area contributed by atoms with Crippen LogP contribution >= 0.6 is 24.8 Å². The van der Waals surface area contributed by atoms with Gasteiger partial charge in [0.15, 0.2) is 0 Å². The molecule has 3 N–H and O–H groups in total. The second-order valence-corrected chi connectivity index (χ2v) is 6.90. The lowest BCUT2D eigenvalue weighted by molar-refractivity contribution is -0.126. The average molecular weight is 392 g/mol. The van der Waals surface area contributed by atoms with E-state index >= 15 is 0 Å². The Bertz CT molecular complexity index is 561. The van der Waals surface area contributed by atoms with Gasteiger partial charge in [-0.2, -0.15) is 0 Å². The quantitative estimate of drug-likeness (QED) is 0.830. The van der Waals surface area contributed by atoms with Gasteiger partial charge in [-0.15, -0.1) is 24.8 Å². The topological polar surface area (TPSA) is 58.4 Å². The fourth-order valence-electron chi connectivity index (χ4n) is 3.79. The van der Waals surface area contributed by atoms with E-state index in [0.717, 1.165) is 57.3 Å². The minimum absolute atomic E-state index is 0. The highest BCUT2D eigenvalue weighted by atomic mass is 35.5. The van der Waals surface area contributed by atoms with Crippen LogP contribution in [-0.2, 0) is 4.79 Å². The standard InChI is InChI=1S/C18H26FN3O.2ClH/c19-14-5-2-8-17(11-14)22-9-3-7-16(12-22)21-18(23)13-4-1-6-15(20)10-13;;/h2,5,8,11,13,15-16H,1,3-4,6-7,9-10,12,20H2,(H,21,23);2*1H. The van der Waals surface area contributed by atoms with Gasteiger partial charge in [0.25, 0.3) is 0 Å². The van der Waals surface area contributed by atoms with E-state index in [1.807, 2.05) is 6.07 Å². The summed E-state index contributed by atoms with van der Waals surface area (Å²) in [7, 11) is 0. The van der Waals surface area contributed by atoms with E-state index in [2.05, 4.69) is 10.2 Å². The van der Waals surface area contributed by atoms with Crippen molar-refractivity contribution in [3.05, 3.63) is 30.1 Å². The molecule has 3 unspecified atom stereocenters. The Labute approximate surface area is 161 Å². The summed E-state index contributed by atoms with van der Waals surface area (Å²) < 4.78 is 13.4. The molecule has 0 bridgehead atoms. The van der Waals surface area contributed by atoms with Crippen molar-refractivity contribution >= 4 is 36.4 Å². The van der Waals surface area contributed by atoms with Gasteiger partial charge in [0, 0.05) is 36.8 Å². The fourth-order valence-corrected chi connectivity index (χ4v) is 3.79. The SMILES string of the molecule is Cl.Cl.NC1CCCC(C(=O)NC2CCCN(c3cccc(F)c3)C2)C1. The molecule has 1 aliphatic carbocycles. The van der Waals surface area contributed by atoms with Gasteiger partial charge < -0.3 is 16.0 Å². The summed E-state index contributed by atoms with van der Waals surface area (Å²) >= 11 is 0. The van der Waals surface area contributed by atoms with E-state index in [4.69, 9.17) is 5.73 Å². The Hall–Kier alpha value is -1.04. The zero-order valence-electron chi connectivity index (χ0n) is 14.3. The van der Waals surface area contributed by atoms with Crippen LogP contribution in [0.4, 0.5) is 10.1 Å². The van der Waals surface area contributed by atoms with Crippen molar-refractivity contribution in [1.82, 2.24) is 5.32 Å². The first kappa shape index (κ1) is 22.0. The van der Waals surface area contributed by atoms with E-state index < -0.39 is 0 Å². The molecule has 4 nitrogen and oxygen atoms in total. The molecule has 7 heteroatoms. The van der Waals surface area contributed by atoms with Gasteiger partial charge in [-0.1, -0.05) is 12.5 Å². The molecular weight excluding hydrogens is 364 g/mol. The molecule has 0 aromatic heterocycles. The van der Waals surface area contributed by atoms with Crippen LogP contribution in [0.2, 0.25) is 0 Å². The molecule has 142 valence electrons. The van der Waals surface area contributed by atoms with Gasteiger partial charge in [0.05, 0.1) is 0 Å². The van der Waals surface area contributed by atoms with Gasteiger partial charge in [-0.3, -0.25) is 4.79 Å². The lowest BCUT2D eigenvalue weighted by Crippen LogP contribution is -2.50. The van der Waals surface area contributed by atoms with Gasteiger partial charge in [-0.05, 0) is 50.3 Å². The minimum Gasteiger partial charge on any atom is -0.369 e. The van der Waals surface area contributed by atoms with Crippen molar-refractivity contribution in [3.63, 3.8) is 0 Å². The van der Waals surface area contributed by atoms with Crippen molar-refractivity contribution < 1.29 is 9.18 Å². The molecule has 0 spiro atoms. The summed E-state index contributed by atoms with van der Waals surface area (Å²) in [6, 6.07) is 6.97. The van der Waals surface area contributed by atoms with Crippen LogP contribution in [0, 0.1) is 11.7 Å². The normalized spacial score (nSPS) is 26.2. The van der Waals surface area contributed by atoms with Crippen molar-refractivity contribution in [2.24, 2.45) is 11.7 Å². The number of halogens is 3. The molecule has 1 aromatic rings. The molecule has 1 saturated carbocycles. The Balaban J connectivity index is 0.00000156. The zero-order valence-corrected chi connectivity index (χ0v) is 16.0. The maximum absolute atomic E-state index is 13.4. The molecule has 1 heterocycles. The number of piperidine rings is 1. The first-order chi connectivity index (χ1) is 11.1. The van der Waals surface area contributed by atoms with Crippen molar-refractivity contribution in [2.75, 3.05) is 18.0 Å². The highest BCUT2D eigenvalue weighted by Gasteiger charge is 2.28. The van der Waals surface area contributed by atoms with Gasteiger partial charge >= 0.3 is 0 Å². The molecule has 25 heavy (non-hydrogen) atoms. The molecule has 2 fully saturated rings. The van der Waals surface area contributed by atoms with Crippen LogP contribution in [-0.4, -0.2) is 31.1 Å². The Kier molecular flexibility index (Phi) is 8.97. The molecule has 1 amide bonds. The number of benzene rings is 1. The third kappa shape index (κ3) is 6.01. The maximum atomic E-state index is 13.4. The third-order valence-electron chi connectivity index (χ3n) is 5.03. The van der Waals surface area contributed by atoms with E-state index in [1.54, 1.807) is 12.1 Å². The Morgan fingerprint density at radius 3 is 2.72 bits per heavy atom. The Morgan fingerprint density at radius 1 is 1.20 bits per heavy atom. The molecule has 2 aliphatic rings. The third-order valence-corrected chi connectivity index (χ3v) is 5.03. The van der Waals surface area contributed by atoms with Gasteiger partial charge in [0.2, 0.25) is 5.91 Å². The zero-order chi connectivity index (χ0) is 16.2. The number of carbonyl (C=O) groups excluding carboxylic acids is 1. The number of nitrogens with one attached hydrogen (secondary N) is 1. The van der Waals surface area contributed by atoms with Crippen LogP contribution in [0.3, 0.4) is 0 Å². The molecule has 0 radical (unpaired) electrons. The fraction of sp³-hybridized carbons (Fsp3) is 0.611. The van der Waals surface area contributed by atoms with Gasteiger partial charge in [0.1, 0.15) is 5.82 Å². The van der Waals surface area contributed by atoms with E-state index in [9.17, 15) is 9.18 Å². The number of hydrogen-bond donors (Lipinski definition) is 2. The summed E-state index contributed by atoms with van der Waals surface area (Å²) in [4.78, 5) is 14.6. The van der Waals surface area contributed by atoms with E-state index in [-0.39, 0.29) is 54.5 Å². The summed E-state index contributed by atoms with van der Waals surface area (Å²) in [6.07, 6.45) is 5.80. The second kappa shape index (κ2) is 10.2. The number of amides is 1. The molecule has 1 aromatic carbocycles. The number of nitrogens with zero attached hydrogens (tertiary/aromatic N) is 1. The Morgan fingerprint density at radius 2 is 2.00 bits per heavy atom. The van der Waals surface area contributed by atoms with Crippen molar-refractivity contribution in [2.45, 2.75) is 50.6 Å². The first-order valence-corrected chi connectivity index (χ1v) is 8.68. The number of carbonyl (C=O) groups is 1. The highest BCUT2D eigenvalue weighted by Crippen LogP contribution is 2.25. The summed E-state index contributed by atoms with van der Waals surface area (Å²) in [5, 5.41) is 3.19. The van der Waals surface area contributed by atoms with Crippen molar-refractivity contribution in [3.8, 4) is 0 Å². The predicted molar refractivity (Wildman–Crippen MR) is 104 cm³/mol. The van der Waals surface area contributed by atoms with Gasteiger partial charge in [-0.25, -0.2) is 4.39 Å². The summed E-state index contributed by atoms with van der Waals surface area (Å²) in [6.45, 7) is 1.65. The lowest BCUT2D eigenvalue weighted by atomic mass is 9.85. The van der Waals surface area contributed by atoms with Crippen molar-refractivity contribution in [1.29, 1.82) is 0 Å². The minimum atomic E-state index is -0.218. The van der Waals surface area contributed by atoms with Crippen LogP contribution in [0.25, 0.3) is 0 Å². The monoisotopic (exact) mass is 391 g/mol.